The fourth-order valence-electron chi connectivity index (χ4n) is 1.97. The lowest BCUT2D eigenvalue weighted by molar-refractivity contribution is 0.598. The number of sulfonamides is 1. The maximum Gasteiger partial charge on any atom is 0.240 e. The van der Waals surface area contributed by atoms with Crippen molar-refractivity contribution in [3.63, 3.8) is 0 Å². The second-order valence-electron chi connectivity index (χ2n) is 4.43. The van der Waals surface area contributed by atoms with E-state index in [0.717, 1.165) is 5.56 Å². The molecule has 1 atom stereocenters. The molecule has 6 heteroatoms. The number of para-hydroxylation sites is 1. The van der Waals surface area contributed by atoms with Crippen molar-refractivity contribution in [3.8, 4) is 0 Å². The molecule has 0 amide bonds. The van der Waals surface area contributed by atoms with Crippen molar-refractivity contribution in [2.75, 3.05) is 5.32 Å². The van der Waals surface area contributed by atoms with Crippen LogP contribution < -0.4 is 10.5 Å². The molecule has 2 rings (SSSR count). The summed E-state index contributed by atoms with van der Waals surface area (Å²) >= 11 is 6.13. The predicted octanol–water partition coefficient (Wildman–Crippen LogP) is 3.16. The van der Waals surface area contributed by atoms with Gasteiger partial charge in [0.25, 0.3) is 0 Å². The SMILES string of the molecule is CC(Nc1ccccc1S(N)(=O)=O)c1ccccc1Cl. The Kier molecular flexibility index (Phi) is 4.32. The summed E-state index contributed by atoms with van der Waals surface area (Å²) in [4.78, 5) is 0.0684. The first-order valence-electron chi connectivity index (χ1n) is 6.02. The van der Waals surface area contributed by atoms with E-state index in [4.69, 9.17) is 16.7 Å². The van der Waals surface area contributed by atoms with E-state index < -0.39 is 10.0 Å². The maximum atomic E-state index is 11.6. The number of anilines is 1. The number of benzene rings is 2. The van der Waals surface area contributed by atoms with Crippen LogP contribution in [0.5, 0.6) is 0 Å². The molecule has 3 N–H and O–H groups in total. The Labute approximate surface area is 123 Å². The first kappa shape index (κ1) is 14.8. The van der Waals surface area contributed by atoms with E-state index in [-0.39, 0.29) is 10.9 Å². The minimum absolute atomic E-state index is 0.0684. The van der Waals surface area contributed by atoms with Crippen molar-refractivity contribution < 1.29 is 8.42 Å². The summed E-state index contributed by atoms with van der Waals surface area (Å²) in [7, 11) is -3.77. The standard InChI is InChI=1S/C14H15ClN2O2S/c1-10(11-6-2-3-7-12(11)15)17-13-8-4-5-9-14(13)20(16,18)19/h2-10,17H,1H3,(H2,16,18,19). The molecular formula is C14H15ClN2O2S. The van der Waals surface area contributed by atoms with E-state index in [1.54, 1.807) is 24.3 Å². The van der Waals surface area contributed by atoms with Gasteiger partial charge in [-0.25, -0.2) is 13.6 Å². The lowest BCUT2D eigenvalue weighted by Crippen LogP contribution is -2.16. The predicted molar refractivity (Wildman–Crippen MR) is 81.3 cm³/mol. The summed E-state index contributed by atoms with van der Waals surface area (Å²) in [5.74, 6) is 0. The number of primary sulfonamides is 1. The Balaban J connectivity index is 2.34. The monoisotopic (exact) mass is 310 g/mol. The van der Waals surface area contributed by atoms with Gasteiger partial charge in [0, 0.05) is 5.02 Å². The smallest absolute Gasteiger partial charge is 0.240 e. The summed E-state index contributed by atoms with van der Waals surface area (Å²) < 4.78 is 23.1. The molecule has 0 aliphatic rings. The highest BCUT2D eigenvalue weighted by Crippen LogP contribution is 2.28. The number of nitrogens with two attached hydrogens (primary N) is 1. The molecule has 0 fully saturated rings. The van der Waals surface area contributed by atoms with Crippen molar-refractivity contribution in [1.82, 2.24) is 0 Å². The number of hydrogen-bond acceptors (Lipinski definition) is 3. The summed E-state index contributed by atoms with van der Waals surface area (Å²) in [5, 5.41) is 8.96. The average molecular weight is 311 g/mol. The molecule has 0 saturated heterocycles. The highest BCUT2D eigenvalue weighted by atomic mass is 35.5. The normalized spacial score (nSPS) is 12.9. The van der Waals surface area contributed by atoms with Gasteiger partial charge >= 0.3 is 0 Å². The zero-order valence-corrected chi connectivity index (χ0v) is 12.4. The van der Waals surface area contributed by atoms with Gasteiger partial charge < -0.3 is 5.32 Å². The van der Waals surface area contributed by atoms with Gasteiger partial charge in [-0.05, 0) is 30.7 Å². The molecule has 2 aromatic carbocycles. The fraction of sp³-hybridized carbons (Fsp3) is 0.143. The van der Waals surface area contributed by atoms with Gasteiger partial charge in [0.05, 0.1) is 11.7 Å². The van der Waals surface area contributed by atoms with Crippen LogP contribution in [-0.4, -0.2) is 8.42 Å². The molecule has 1 unspecified atom stereocenters. The molecule has 20 heavy (non-hydrogen) atoms. The third-order valence-electron chi connectivity index (χ3n) is 2.94. The maximum absolute atomic E-state index is 11.6. The van der Waals surface area contributed by atoms with Crippen molar-refractivity contribution >= 4 is 27.3 Å². The largest absolute Gasteiger partial charge is 0.377 e. The molecule has 0 spiro atoms. The molecule has 0 aromatic heterocycles. The molecule has 0 aliphatic carbocycles. The van der Waals surface area contributed by atoms with E-state index in [1.165, 1.54) is 6.07 Å². The van der Waals surface area contributed by atoms with Gasteiger partial charge in [-0.2, -0.15) is 0 Å². The van der Waals surface area contributed by atoms with Crippen molar-refractivity contribution in [3.05, 3.63) is 59.1 Å². The zero-order chi connectivity index (χ0) is 14.8. The Hall–Kier alpha value is -1.56. The van der Waals surface area contributed by atoms with Gasteiger partial charge in [0.1, 0.15) is 4.90 Å². The molecule has 0 saturated carbocycles. The Morgan fingerprint density at radius 2 is 1.70 bits per heavy atom. The van der Waals surface area contributed by atoms with Crippen LogP contribution in [0.3, 0.4) is 0 Å². The van der Waals surface area contributed by atoms with Crippen LogP contribution in [0.4, 0.5) is 5.69 Å². The van der Waals surface area contributed by atoms with Crippen LogP contribution in [0.25, 0.3) is 0 Å². The molecule has 106 valence electrons. The molecule has 0 aliphatic heterocycles. The third-order valence-corrected chi connectivity index (χ3v) is 4.25. The van der Waals surface area contributed by atoms with Gasteiger partial charge in [0.2, 0.25) is 10.0 Å². The first-order valence-corrected chi connectivity index (χ1v) is 7.95. The van der Waals surface area contributed by atoms with Gasteiger partial charge in [-0.3, -0.25) is 0 Å². The number of nitrogens with one attached hydrogen (secondary N) is 1. The fourth-order valence-corrected chi connectivity index (χ4v) is 2.97. The van der Waals surface area contributed by atoms with Gasteiger partial charge in [0.15, 0.2) is 0 Å². The second kappa shape index (κ2) is 5.83. The van der Waals surface area contributed by atoms with Crippen LogP contribution in [-0.2, 0) is 10.0 Å². The quantitative estimate of drug-likeness (QED) is 0.911. The zero-order valence-electron chi connectivity index (χ0n) is 10.9. The van der Waals surface area contributed by atoms with Crippen LogP contribution in [0.2, 0.25) is 5.02 Å². The third kappa shape index (κ3) is 3.30. The van der Waals surface area contributed by atoms with Crippen LogP contribution in [0.1, 0.15) is 18.5 Å². The van der Waals surface area contributed by atoms with Gasteiger partial charge in [-0.15, -0.1) is 0 Å². The van der Waals surface area contributed by atoms with Crippen molar-refractivity contribution in [2.24, 2.45) is 5.14 Å². The summed E-state index contributed by atoms with van der Waals surface area (Å²) in [6.45, 7) is 1.90. The molecule has 2 aromatic rings. The van der Waals surface area contributed by atoms with Crippen molar-refractivity contribution in [1.29, 1.82) is 0 Å². The van der Waals surface area contributed by atoms with E-state index in [1.807, 2.05) is 25.1 Å². The minimum Gasteiger partial charge on any atom is -0.377 e. The summed E-state index contributed by atoms with van der Waals surface area (Å²) in [6, 6.07) is 13.8. The first-order chi connectivity index (χ1) is 9.39. The van der Waals surface area contributed by atoms with Crippen LogP contribution in [0, 0.1) is 0 Å². The number of rotatable bonds is 4. The Morgan fingerprint density at radius 1 is 1.10 bits per heavy atom. The number of halogens is 1. The summed E-state index contributed by atoms with van der Waals surface area (Å²) in [6.07, 6.45) is 0. The number of hydrogen-bond donors (Lipinski definition) is 2. The molecular weight excluding hydrogens is 296 g/mol. The topological polar surface area (TPSA) is 72.2 Å². The molecule has 4 nitrogen and oxygen atoms in total. The van der Waals surface area contributed by atoms with Crippen molar-refractivity contribution in [2.45, 2.75) is 17.9 Å². The highest BCUT2D eigenvalue weighted by Gasteiger charge is 2.16. The highest BCUT2D eigenvalue weighted by molar-refractivity contribution is 7.89. The minimum atomic E-state index is -3.77. The van der Waals surface area contributed by atoms with Crippen LogP contribution in [0.15, 0.2) is 53.4 Å². The second-order valence-corrected chi connectivity index (χ2v) is 6.37. The lowest BCUT2D eigenvalue weighted by Gasteiger charge is -2.18. The molecule has 0 radical (unpaired) electrons. The van der Waals surface area contributed by atoms with Gasteiger partial charge in [-0.1, -0.05) is 41.9 Å². The Morgan fingerprint density at radius 3 is 2.35 bits per heavy atom. The summed E-state index contributed by atoms with van der Waals surface area (Å²) in [5.41, 5.74) is 1.35. The van der Waals surface area contributed by atoms with E-state index >= 15 is 0 Å². The van der Waals surface area contributed by atoms with E-state index in [9.17, 15) is 8.42 Å². The van der Waals surface area contributed by atoms with E-state index in [2.05, 4.69) is 5.32 Å². The Bertz CT molecular complexity index is 717. The molecule has 0 heterocycles. The van der Waals surface area contributed by atoms with Crippen LogP contribution >= 0.6 is 11.6 Å². The molecule has 0 bridgehead atoms. The lowest BCUT2D eigenvalue weighted by atomic mass is 10.1. The average Bonchev–Trinajstić information content (AvgIpc) is 2.38. The van der Waals surface area contributed by atoms with E-state index in [0.29, 0.717) is 10.7 Å².